The van der Waals surface area contributed by atoms with Crippen LogP contribution in [0.2, 0.25) is 0 Å². The minimum atomic E-state index is 0.412. The van der Waals surface area contributed by atoms with Gasteiger partial charge in [-0.05, 0) is 59.9 Å². The molecule has 2 unspecified atom stereocenters. The van der Waals surface area contributed by atoms with Crippen molar-refractivity contribution in [1.29, 1.82) is 0 Å². The van der Waals surface area contributed by atoms with Crippen LogP contribution in [0.4, 0.5) is 5.69 Å². The maximum Gasteiger partial charge on any atom is 0.173 e. The average Bonchev–Trinajstić information content (AvgIpc) is 2.68. The predicted molar refractivity (Wildman–Crippen MR) is 103 cm³/mol. The number of hydrogen-bond acceptors (Lipinski definition) is 1. The van der Waals surface area contributed by atoms with Crippen molar-refractivity contribution in [3.63, 3.8) is 0 Å². The largest absolute Gasteiger partial charge is 0.345 e. The Bertz CT molecular complexity index is 607. The number of likely N-dealkylation sites (tertiary alicyclic amines) is 1. The Balaban J connectivity index is 1.78. The second kappa shape index (κ2) is 5.77. The van der Waals surface area contributed by atoms with Crippen molar-refractivity contribution in [2.75, 3.05) is 11.9 Å². The van der Waals surface area contributed by atoms with Crippen LogP contribution in [0.25, 0.3) is 0 Å². The number of nitrogens with one attached hydrogen (secondary N) is 1. The predicted octanol–water partition coefficient (Wildman–Crippen LogP) is 5.41. The molecule has 1 aromatic carbocycles. The Morgan fingerprint density at radius 2 is 1.91 bits per heavy atom. The standard InChI is InChI=1S/C20H30N2S/c1-14(2)16-8-6-7-9-17(16)21-18(23)22-13-20(5)11-15(22)10-19(3,4)12-20/h6-9,14-15H,10-13H2,1-5H3,(H,21,23). The van der Waals surface area contributed by atoms with Crippen molar-refractivity contribution in [2.24, 2.45) is 10.8 Å². The number of benzene rings is 1. The zero-order valence-electron chi connectivity index (χ0n) is 15.1. The van der Waals surface area contributed by atoms with Crippen molar-refractivity contribution >= 4 is 23.0 Å². The second-order valence-corrected chi connectivity index (χ2v) is 9.40. The van der Waals surface area contributed by atoms with Gasteiger partial charge in [-0.2, -0.15) is 0 Å². The van der Waals surface area contributed by atoms with Gasteiger partial charge in [-0.3, -0.25) is 0 Å². The molecule has 1 saturated heterocycles. The second-order valence-electron chi connectivity index (χ2n) is 9.01. The first-order chi connectivity index (χ1) is 10.7. The lowest BCUT2D eigenvalue weighted by molar-refractivity contribution is 0.132. The smallest absolute Gasteiger partial charge is 0.173 e. The third-order valence-corrected chi connectivity index (χ3v) is 5.84. The number of nitrogens with zero attached hydrogens (tertiary/aromatic N) is 1. The van der Waals surface area contributed by atoms with Gasteiger partial charge in [0.15, 0.2) is 5.11 Å². The normalized spacial score (nSPS) is 29.0. The van der Waals surface area contributed by atoms with Gasteiger partial charge in [0.25, 0.3) is 0 Å². The molecule has 0 spiro atoms. The molecule has 3 rings (SSSR count). The number of rotatable bonds is 2. The third kappa shape index (κ3) is 3.40. The molecule has 1 aliphatic heterocycles. The summed E-state index contributed by atoms with van der Waals surface area (Å²) in [7, 11) is 0. The molecule has 126 valence electrons. The number of para-hydroxylation sites is 1. The van der Waals surface area contributed by atoms with E-state index in [0.29, 0.717) is 22.8 Å². The minimum absolute atomic E-state index is 0.412. The summed E-state index contributed by atoms with van der Waals surface area (Å²) in [6, 6.07) is 9.13. The summed E-state index contributed by atoms with van der Waals surface area (Å²) in [5, 5.41) is 4.46. The molecule has 1 N–H and O–H groups in total. The zero-order chi connectivity index (χ0) is 16.8. The molecule has 0 radical (unpaired) electrons. The van der Waals surface area contributed by atoms with E-state index in [4.69, 9.17) is 12.2 Å². The Morgan fingerprint density at radius 1 is 1.22 bits per heavy atom. The Morgan fingerprint density at radius 3 is 2.61 bits per heavy atom. The molecule has 0 amide bonds. The molecule has 2 atom stereocenters. The highest BCUT2D eigenvalue weighted by Crippen LogP contribution is 2.52. The lowest BCUT2D eigenvalue weighted by Crippen LogP contribution is -2.40. The van der Waals surface area contributed by atoms with Crippen molar-refractivity contribution in [2.45, 2.75) is 65.8 Å². The van der Waals surface area contributed by atoms with Crippen LogP contribution in [-0.4, -0.2) is 22.6 Å². The molecule has 2 nitrogen and oxygen atoms in total. The number of thiocarbonyl (C=S) groups is 1. The van der Waals surface area contributed by atoms with Gasteiger partial charge in [-0.15, -0.1) is 0 Å². The van der Waals surface area contributed by atoms with Crippen LogP contribution >= 0.6 is 12.2 Å². The van der Waals surface area contributed by atoms with Gasteiger partial charge in [0.05, 0.1) is 0 Å². The molecule has 2 aliphatic rings. The maximum absolute atomic E-state index is 5.81. The summed E-state index contributed by atoms with van der Waals surface area (Å²) in [6.45, 7) is 12.8. The fraction of sp³-hybridized carbons (Fsp3) is 0.650. The zero-order valence-corrected chi connectivity index (χ0v) is 16.0. The lowest BCUT2D eigenvalue weighted by atomic mass is 9.65. The number of fused-ring (bicyclic) bond motifs is 2. The monoisotopic (exact) mass is 330 g/mol. The summed E-state index contributed by atoms with van der Waals surface area (Å²) in [4.78, 5) is 2.46. The van der Waals surface area contributed by atoms with Crippen molar-refractivity contribution in [1.82, 2.24) is 4.90 Å². The molecule has 2 bridgehead atoms. The Labute approximate surface area is 146 Å². The van der Waals surface area contributed by atoms with E-state index in [1.807, 2.05) is 0 Å². The molecular formula is C20H30N2S. The van der Waals surface area contributed by atoms with E-state index in [1.165, 1.54) is 30.5 Å². The number of hydrogen-bond donors (Lipinski definition) is 1. The van der Waals surface area contributed by atoms with Crippen LogP contribution in [0.3, 0.4) is 0 Å². The van der Waals surface area contributed by atoms with Gasteiger partial charge in [0.2, 0.25) is 0 Å². The van der Waals surface area contributed by atoms with E-state index < -0.39 is 0 Å². The lowest BCUT2D eigenvalue weighted by Gasteiger charge is -2.39. The minimum Gasteiger partial charge on any atom is -0.345 e. The van der Waals surface area contributed by atoms with E-state index in [1.54, 1.807) is 0 Å². The van der Waals surface area contributed by atoms with E-state index >= 15 is 0 Å². The summed E-state index contributed by atoms with van der Waals surface area (Å²) in [5.74, 6) is 0.496. The van der Waals surface area contributed by atoms with Gasteiger partial charge in [-0.1, -0.05) is 52.8 Å². The highest BCUT2D eigenvalue weighted by molar-refractivity contribution is 7.80. The summed E-state index contributed by atoms with van der Waals surface area (Å²) >= 11 is 5.81. The van der Waals surface area contributed by atoms with Crippen LogP contribution in [0, 0.1) is 10.8 Å². The van der Waals surface area contributed by atoms with Gasteiger partial charge in [0, 0.05) is 18.3 Å². The fourth-order valence-corrected chi connectivity index (χ4v) is 5.32. The topological polar surface area (TPSA) is 15.3 Å². The van der Waals surface area contributed by atoms with Gasteiger partial charge in [0.1, 0.15) is 0 Å². The molecule has 1 heterocycles. The van der Waals surface area contributed by atoms with Crippen molar-refractivity contribution in [3.05, 3.63) is 29.8 Å². The quantitative estimate of drug-likeness (QED) is 0.730. The first-order valence-electron chi connectivity index (χ1n) is 8.86. The maximum atomic E-state index is 5.81. The molecule has 1 saturated carbocycles. The third-order valence-electron chi connectivity index (χ3n) is 5.50. The van der Waals surface area contributed by atoms with Gasteiger partial charge < -0.3 is 10.2 Å². The van der Waals surface area contributed by atoms with E-state index in [2.05, 4.69) is 69.1 Å². The molecule has 23 heavy (non-hydrogen) atoms. The van der Waals surface area contributed by atoms with Crippen LogP contribution < -0.4 is 5.32 Å². The molecule has 2 fully saturated rings. The molecule has 0 aromatic heterocycles. The molecule has 1 aliphatic carbocycles. The highest BCUT2D eigenvalue weighted by Gasteiger charge is 2.50. The summed E-state index contributed by atoms with van der Waals surface area (Å²) < 4.78 is 0. The first-order valence-corrected chi connectivity index (χ1v) is 9.27. The van der Waals surface area contributed by atoms with Crippen LogP contribution in [0.15, 0.2) is 24.3 Å². The van der Waals surface area contributed by atoms with E-state index in [9.17, 15) is 0 Å². The number of anilines is 1. The molecule has 1 aromatic rings. The SMILES string of the molecule is CC(C)c1ccccc1NC(=S)N1CC2(C)CC1CC(C)(C)C2. The van der Waals surface area contributed by atoms with Crippen molar-refractivity contribution < 1.29 is 0 Å². The van der Waals surface area contributed by atoms with E-state index in [0.717, 1.165) is 11.7 Å². The van der Waals surface area contributed by atoms with Gasteiger partial charge >= 0.3 is 0 Å². The summed E-state index contributed by atoms with van der Waals surface area (Å²) in [5.41, 5.74) is 3.34. The average molecular weight is 331 g/mol. The van der Waals surface area contributed by atoms with Crippen LogP contribution in [0.5, 0.6) is 0 Å². The molecular weight excluding hydrogens is 300 g/mol. The van der Waals surface area contributed by atoms with Crippen LogP contribution in [0.1, 0.15) is 65.4 Å². The fourth-order valence-electron chi connectivity index (χ4n) is 5.00. The first kappa shape index (κ1) is 16.8. The summed E-state index contributed by atoms with van der Waals surface area (Å²) in [6.07, 6.45) is 3.83. The molecule has 3 heteroatoms. The Kier molecular flexibility index (Phi) is 4.20. The van der Waals surface area contributed by atoms with Crippen molar-refractivity contribution in [3.8, 4) is 0 Å². The van der Waals surface area contributed by atoms with Crippen LogP contribution in [-0.2, 0) is 0 Å². The van der Waals surface area contributed by atoms with Gasteiger partial charge in [-0.25, -0.2) is 0 Å². The Hall–Kier alpha value is -1.09. The van der Waals surface area contributed by atoms with E-state index in [-0.39, 0.29) is 0 Å². The highest BCUT2D eigenvalue weighted by atomic mass is 32.1.